The molecule has 1 rings (SSSR count). The van der Waals surface area contributed by atoms with Crippen molar-refractivity contribution < 1.29 is 0 Å². The van der Waals surface area contributed by atoms with Crippen molar-refractivity contribution >= 4 is 29.9 Å². The topological polar surface area (TPSA) is 42.9 Å². The first kappa shape index (κ1) is 25.9. The minimum Gasteiger partial charge on any atom is -0.357 e. The van der Waals surface area contributed by atoms with Gasteiger partial charge in [0.05, 0.1) is 0 Å². The molecule has 0 radical (unpaired) electrons. The maximum absolute atomic E-state index is 4.87. The highest BCUT2D eigenvalue weighted by atomic mass is 127. The van der Waals surface area contributed by atoms with E-state index in [0.29, 0.717) is 24.0 Å². The van der Waals surface area contributed by atoms with Gasteiger partial charge < -0.3 is 15.5 Å². The van der Waals surface area contributed by atoms with Crippen LogP contribution in [0.15, 0.2) is 4.99 Å². The molecule has 0 aliphatic carbocycles. The zero-order valence-corrected chi connectivity index (χ0v) is 20.5. The van der Waals surface area contributed by atoms with E-state index in [1.165, 1.54) is 25.9 Å². The van der Waals surface area contributed by atoms with E-state index >= 15 is 0 Å². The molecule has 0 aromatic rings. The summed E-state index contributed by atoms with van der Waals surface area (Å²) in [5.41, 5.74) is 0. The molecule has 0 saturated carbocycles. The summed E-state index contributed by atoms with van der Waals surface area (Å²) < 4.78 is 0. The highest BCUT2D eigenvalue weighted by Crippen LogP contribution is 2.18. The van der Waals surface area contributed by atoms with Crippen LogP contribution < -0.4 is 10.6 Å². The van der Waals surface area contributed by atoms with Gasteiger partial charge in [-0.2, -0.15) is 0 Å². The Labute approximate surface area is 179 Å². The van der Waals surface area contributed by atoms with E-state index in [2.05, 4.69) is 68.9 Å². The molecule has 1 atom stereocenters. The molecule has 1 saturated heterocycles. The number of halogens is 1. The van der Waals surface area contributed by atoms with Gasteiger partial charge in [0.2, 0.25) is 0 Å². The number of rotatable bonds is 9. The van der Waals surface area contributed by atoms with Gasteiger partial charge in [-0.25, -0.2) is 0 Å². The van der Waals surface area contributed by atoms with Crippen molar-refractivity contribution in [2.24, 2.45) is 10.9 Å². The third-order valence-corrected chi connectivity index (χ3v) is 5.12. The molecule has 0 aromatic carbocycles. The van der Waals surface area contributed by atoms with Crippen molar-refractivity contribution in [1.29, 1.82) is 0 Å². The lowest BCUT2D eigenvalue weighted by Gasteiger charge is -2.35. The summed E-state index contributed by atoms with van der Waals surface area (Å²) in [4.78, 5) is 9.97. The zero-order valence-electron chi connectivity index (χ0n) is 18.2. The molecule has 5 nitrogen and oxygen atoms in total. The van der Waals surface area contributed by atoms with Crippen LogP contribution in [0.4, 0.5) is 0 Å². The first-order valence-corrected chi connectivity index (χ1v) is 10.4. The van der Waals surface area contributed by atoms with Gasteiger partial charge in [-0.15, -0.1) is 24.0 Å². The molecule has 1 fully saturated rings. The molecular weight excluding hydrogens is 437 g/mol. The predicted octanol–water partition coefficient (Wildman–Crippen LogP) is 3.40. The lowest BCUT2D eigenvalue weighted by atomic mass is 9.97. The molecule has 1 unspecified atom stereocenters. The Balaban J connectivity index is 0.00000625. The van der Waals surface area contributed by atoms with Gasteiger partial charge in [0.25, 0.3) is 0 Å². The molecule has 1 aliphatic heterocycles. The molecular formula is C20H44IN5. The quantitative estimate of drug-likeness (QED) is 0.301. The second-order valence-electron chi connectivity index (χ2n) is 8.17. The Kier molecular flexibility index (Phi) is 14.0. The molecule has 1 heterocycles. The smallest absolute Gasteiger partial charge is 0.191 e. The standard InChI is InChI=1S/C20H43N5.HI/c1-8-21-20(22-11-13-25(17(4)5)18(6)7)23-14-19-10-9-12-24(15-19)16(2)3;/h16-19H,8-15H2,1-7H3,(H2,21,22,23);1H. The molecule has 156 valence electrons. The van der Waals surface area contributed by atoms with Crippen LogP contribution in [0.25, 0.3) is 0 Å². The number of nitrogens with one attached hydrogen (secondary N) is 2. The van der Waals surface area contributed by atoms with Crippen molar-refractivity contribution in [3.63, 3.8) is 0 Å². The Morgan fingerprint density at radius 1 is 1.12 bits per heavy atom. The second-order valence-corrected chi connectivity index (χ2v) is 8.17. The fourth-order valence-corrected chi connectivity index (χ4v) is 3.69. The summed E-state index contributed by atoms with van der Waals surface area (Å²) in [5.74, 6) is 1.66. The fraction of sp³-hybridized carbons (Fsp3) is 0.950. The van der Waals surface area contributed by atoms with Crippen molar-refractivity contribution in [3.8, 4) is 0 Å². The molecule has 0 amide bonds. The van der Waals surface area contributed by atoms with Gasteiger partial charge in [0.1, 0.15) is 0 Å². The van der Waals surface area contributed by atoms with Crippen LogP contribution in [0.2, 0.25) is 0 Å². The fourth-order valence-electron chi connectivity index (χ4n) is 3.69. The number of piperidine rings is 1. The van der Waals surface area contributed by atoms with Crippen LogP contribution in [0, 0.1) is 5.92 Å². The van der Waals surface area contributed by atoms with Crippen LogP contribution in [0.1, 0.15) is 61.3 Å². The van der Waals surface area contributed by atoms with Gasteiger partial charge in [-0.05, 0) is 73.8 Å². The summed E-state index contributed by atoms with van der Waals surface area (Å²) >= 11 is 0. The first-order chi connectivity index (χ1) is 11.8. The monoisotopic (exact) mass is 481 g/mol. The van der Waals surface area contributed by atoms with Gasteiger partial charge in [0, 0.05) is 50.8 Å². The van der Waals surface area contributed by atoms with E-state index < -0.39 is 0 Å². The summed E-state index contributed by atoms with van der Waals surface area (Å²) in [6.45, 7) is 22.0. The largest absolute Gasteiger partial charge is 0.357 e. The van der Waals surface area contributed by atoms with Gasteiger partial charge in [-0.1, -0.05) is 0 Å². The van der Waals surface area contributed by atoms with Crippen molar-refractivity contribution in [2.75, 3.05) is 39.3 Å². The predicted molar refractivity (Wildman–Crippen MR) is 126 cm³/mol. The lowest BCUT2D eigenvalue weighted by molar-refractivity contribution is 0.143. The number of hydrogen-bond acceptors (Lipinski definition) is 3. The van der Waals surface area contributed by atoms with E-state index in [-0.39, 0.29) is 24.0 Å². The molecule has 1 aliphatic rings. The molecule has 26 heavy (non-hydrogen) atoms. The molecule has 2 N–H and O–H groups in total. The first-order valence-electron chi connectivity index (χ1n) is 10.4. The minimum absolute atomic E-state index is 0. The van der Waals surface area contributed by atoms with Gasteiger partial charge in [-0.3, -0.25) is 9.89 Å². The normalized spacial score (nSPS) is 19.3. The average Bonchev–Trinajstić information content (AvgIpc) is 2.55. The maximum Gasteiger partial charge on any atom is 0.191 e. The zero-order chi connectivity index (χ0) is 18.8. The molecule has 0 aromatic heterocycles. The Bertz CT molecular complexity index is 376. The maximum atomic E-state index is 4.87. The minimum atomic E-state index is 0. The Morgan fingerprint density at radius 2 is 1.77 bits per heavy atom. The van der Waals surface area contributed by atoms with Crippen molar-refractivity contribution in [1.82, 2.24) is 20.4 Å². The van der Waals surface area contributed by atoms with Gasteiger partial charge >= 0.3 is 0 Å². The Morgan fingerprint density at radius 3 is 2.31 bits per heavy atom. The molecule has 0 spiro atoms. The number of hydrogen-bond donors (Lipinski definition) is 2. The van der Waals surface area contributed by atoms with Gasteiger partial charge in [0.15, 0.2) is 5.96 Å². The summed E-state index contributed by atoms with van der Waals surface area (Å²) in [6, 6.07) is 1.80. The number of guanidine groups is 1. The van der Waals surface area contributed by atoms with E-state index in [9.17, 15) is 0 Å². The van der Waals surface area contributed by atoms with E-state index in [1.807, 2.05) is 0 Å². The van der Waals surface area contributed by atoms with Crippen LogP contribution in [-0.4, -0.2) is 73.2 Å². The third-order valence-electron chi connectivity index (χ3n) is 5.12. The molecule has 6 heteroatoms. The van der Waals surface area contributed by atoms with Crippen LogP contribution in [0.3, 0.4) is 0 Å². The van der Waals surface area contributed by atoms with E-state index in [0.717, 1.165) is 32.1 Å². The second kappa shape index (κ2) is 14.0. The number of likely N-dealkylation sites (tertiary alicyclic amines) is 1. The van der Waals surface area contributed by atoms with Crippen LogP contribution >= 0.6 is 24.0 Å². The summed E-state index contributed by atoms with van der Waals surface area (Å²) in [5, 5.41) is 6.91. The third kappa shape index (κ3) is 9.74. The molecule has 0 bridgehead atoms. The highest BCUT2D eigenvalue weighted by Gasteiger charge is 2.21. The number of aliphatic imine (C=N–C) groups is 1. The van der Waals surface area contributed by atoms with Crippen LogP contribution in [-0.2, 0) is 0 Å². The summed E-state index contributed by atoms with van der Waals surface area (Å²) in [7, 11) is 0. The Hall–Kier alpha value is -0.0800. The number of nitrogens with zero attached hydrogens (tertiary/aromatic N) is 3. The SMILES string of the molecule is CCNC(=NCC1CCCN(C(C)C)C1)NCCN(C(C)C)C(C)C.I. The highest BCUT2D eigenvalue weighted by molar-refractivity contribution is 14.0. The summed E-state index contributed by atoms with van der Waals surface area (Å²) in [6.07, 6.45) is 2.61. The lowest BCUT2D eigenvalue weighted by Crippen LogP contribution is -2.45. The van der Waals surface area contributed by atoms with E-state index in [1.54, 1.807) is 0 Å². The van der Waals surface area contributed by atoms with Crippen molar-refractivity contribution in [2.45, 2.75) is 79.4 Å². The average molecular weight is 482 g/mol. The van der Waals surface area contributed by atoms with Crippen LogP contribution in [0.5, 0.6) is 0 Å². The van der Waals surface area contributed by atoms with E-state index in [4.69, 9.17) is 4.99 Å². The van der Waals surface area contributed by atoms with Crippen molar-refractivity contribution in [3.05, 3.63) is 0 Å².